The summed E-state index contributed by atoms with van der Waals surface area (Å²) in [7, 11) is 0. The number of aryl methyl sites for hydroxylation is 2. The predicted octanol–water partition coefficient (Wildman–Crippen LogP) is 2.81. The van der Waals surface area contributed by atoms with Crippen LogP contribution >= 0.6 is 0 Å². The average Bonchev–Trinajstić information content (AvgIpc) is 2.80. The van der Waals surface area contributed by atoms with Gasteiger partial charge in [-0.15, -0.1) is 0 Å². The van der Waals surface area contributed by atoms with Gasteiger partial charge in [0.1, 0.15) is 12.4 Å². The number of hydrogen-bond acceptors (Lipinski definition) is 3. The van der Waals surface area contributed by atoms with Crippen LogP contribution in [-0.2, 0) is 19.4 Å². The number of aromatic nitrogens is 1. The highest BCUT2D eigenvalue weighted by molar-refractivity contribution is 5.51. The number of anilines is 1. The van der Waals surface area contributed by atoms with Crippen molar-refractivity contribution >= 4 is 5.82 Å². The third-order valence-electron chi connectivity index (χ3n) is 3.57. The summed E-state index contributed by atoms with van der Waals surface area (Å²) in [6, 6.07) is 1.64. The van der Waals surface area contributed by atoms with E-state index in [1.54, 1.807) is 13.8 Å². The number of pyridine rings is 1. The van der Waals surface area contributed by atoms with Gasteiger partial charge in [0.2, 0.25) is 0 Å². The quantitative estimate of drug-likeness (QED) is 0.926. The van der Waals surface area contributed by atoms with Crippen LogP contribution in [0.4, 0.5) is 19.0 Å². The maximum atomic E-state index is 12.8. The van der Waals surface area contributed by atoms with E-state index in [1.807, 2.05) is 6.07 Å². The molecule has 0 fully saturated rings. The Bertz CT molecular complexity index is 483. The SMILES string of the molecule is CC(C)N(CC(F)(F)F)c1nc2c(cc1CN)CCC2. The van der Waals surface area contributed by atoms with Crippen LogP contribution < -0.4 is 10.6 Å². The summed E-state index contributed by atoms with van der Waals surface area (Å²) in [5.41, 5.74) is 8.45. The van der Waals surface area contributed by atoms with Crippen LogP contribution in [0.5, 0.6) is 0 Å². The lowest BCUT2D eigenvalue weighted by atomic mass is 10.1. The van der Waals surface area contributed by atoms with Crippen molar-refractivity contribution < 1.29 is 13.2 Å². The fourth-order valence-electron chi connectivity index (χ4n) is 2.60. The van der Waals surface area contributed by atoms with Gasteiger partial charge >= 0.3 is 6.18 Å². The lowest BCUT2D eigenvalue weighted by Crippen LogP contribution is -2.40. The van der Waals surface area contributed by atoms with Crippen molar-refractivity contribution in [3.05, 3.63) is 22.9 Å². The molecule has 0 aromatic carbocycles. The first-order valence-electron chi connectivity index (χ1n) is 6.87. The first-order chi connectivity index (χ1) is 9.31. The molecular formula is C14H20F3N3. The minimum absolute atomic E-state index is 0.205. The molecule has 2 rings (SSSR count). The molecule has 0 radical (unpaired) electrons. The Labute approximate surface area is 117 Å². The van der Waals surface area contributed by atoms with Gasteiger partial charge < -0.3 is 10.6 Å². The van der Waals surface area contributed by atoms with Crippen molar-refractivity contribution in [3.63, 3.8) is 0 Å². The van der Waals surface area contributed by atoms with Gasteiger partial charge in [0, 0.05) is 23.8 Å². The fraction of sp³-hybridized carbons (Fsp3) is 0.643. The summed E-state index contributed by atoms with van der Waals surface area (Å²) in [5, 5.41) is 0. The number of alkyl halides is 3. The molecule has 0 atom stereocenters. The van der Waals surface area contributed by atoms with Crippen molar-refractivity contribution in [2.75, 3.05) is 11.4 Å². The third kappa shape index (κ3) is 3.23. The third-order valence-corrected chi connectivity index (χ3v) is 3.57. The highest BCUT2D eigenvalue weighted by atomic mass is 19.4. The molecule has 0 unspecified atom stereocenters. The first kappa shape index (κ1) is 15.1. The zero-order valence-corrected chi connectivity index (χ0v) is 11.8. The van der Waals surface area contributed by atoms with E-state index in [0.29, 0.717) is 11.4 Å². The van der Waals surface area contributed by atoms with E-state index in [9.17, 15) is 13.2 Å². The van der Waals surface area contributed by atoms with Crippen LogP contribution in [0, 0.1) is 0 Å². The van der Waals surface area contributed by atoms with Crippen LogP contribution in [0.15, 0.2) is 6.07 Å². The van der Waals surface area contributed by atoms with Crippen LogP contribution in [-0.4, -0.2) is 23.7 Å². The molecule has 1 aromatic rings. The summed E-state index contributed by atoms with van der Waals surface area (Å²) in [4.78, 5) is 5.77. The Balaban J connectivity index is 2.42. The number of rotatable bonds is 4. The van der Waals surface area contributed by atoms with Gasteiger partial charge in [0.25, 0.3) is 0 Å². The van der Waals surface area contributed by atoms with Gasteiger partial charge in [-0.3, -0.25) is 0 Å². The zero-order valence-electron chi connectivity index (χ0n) is 11.8. The molecule has 1 aliphatic carbocycles. The molecule has 2 N–H and O–H groups in total. The van der Waals surface area contributed by atoms with Crippen molar-refractivity contribution in [2.45, 2.75) is 51.9 Å². The van der Waals surface area contributed by atoms with Crippen LogP contribution in [0.2, 0.25) is 0 Å². The van der Waals surface area contributed by atoms with E-state index in [1.165, 1.54) is 4.90 Å². The van der Waals surface area contributed by atoms with E-state index in [-0.39, 0.29) is 12.6 Å². The average molecular weight is 287 g/mol. The summed E-state index contributed by atoms with van der Waals surface area (Å²) in [6.07, 6.45) is -1.46. The second-order valence-corrected chi connectivity index (χ2v) is 5.47. The molecular weight excluding hydrogens is 267 g/mol. The lowest BCUT2D eigenvalue weighted by molar-refractivity contribution is -0.120. The molecule has 0 aliphatic heterocycles. The topological polar surface area (TPSA) is 42.2 Å². The van der Waals surface area contributed by atoms with E-state index < -0.39 is 12.7 Å². The number of nitrogens with two attached hydrogens (primary N) is 1. The van der Waals surface area contributed by atoms with Gasteiger partial charge in [0.15, 0.2) is 0 Å². The Morgan fingerprint density at radius 3 is 2.60 bits per heavy atom. The van der Waals surface area contributed by atoms with Gasteiger partial charge in [-0.05, 0) is 44.7 Å². The van der Waals surface area contributed by atoms with E-state index in [0.717, 1.165) is 30.5 Å². The minimum Gasteiger partial charge on any atom is -0.345 e. The van der Waals surface area contributed by atoms with E-state index >= 15 is 0 Å². The number of hydrogen-bond donors (Lipinski definition) is 1. The van der Waals surface area contributed by atoms with Crippen molar-refractivity contribution in [1.82, 2.24) is 4.98 Å². The number of fused-ring (bicyclic) bond motifs is 1. The second kappa shape index (κ2) is 5.60. The fourth-order valence-corrected chi connectivity index (χ4v) is 2.60. The van der Waals surface area contributed by atoms with Gasteiger partial charge in [-0.1, -0.05) is 0 Å². The molecule has 1 heterocycles. The van der Waals surface area contributed by atoms with Gasteiger partial charge in [0.05, 0.1) is 0 Å². The summed E-state index contributed by atoms with van der Waals surface area (Å²) < 4.78 is 38.3. The molecule has 1 aromatic heterocycles. The zero-order chi connectivity index (χ0) is 14.9. The predicted molar refractivity (Wildman–Crippen MR) is 72.7 cm³/mol. The molecule has 1 aliphatic rings. The van der Waals surface area contributed by atoms with Crippen LogP contribution in [0.3, 0.4) is 0 Å². The van der Waals surface area contributed by atoms with Gasteiger partial charge in [-0.25, -0.2) is 4.98 Å². The molecule has 0 amide bonds. The van der Waals surface area contributed by atoms with Crippen molar-refractivity contribution in [2.24, 2.45) is 5.73 Å². The molecule has 6 heteroatoms. The van der Waals surface area contributed by atoms with Crippen molar-refractivity contribution in [1.29, 1.82) is 0 Å². The standard InChI is InChI=1S/C14H20F3N3/c1-9(2)20(8-14(15,16)17)13-11(7-18)6-10-4-3-5-12(10)19-13/h6,9H,3-5,7-8,18H2,1-2H3. The van der Waals surface area contributed by atoms with Gasteiger partial charge in [-0.2, -0.15) is 13.2 Å². The lowest BCUT2D eigenvalue weighted by Gasteiger charge is -2.31. The van der Waals surface area contributed by atoms with Crippen LogP contribution in [0.1, 0.15) is 37.1 Å². The molecule has 20 heavy (non-hydrogen) atoms. The maximum absolute atomic E-state index is 12.8. The molecule has 112 valence electrons. The summed E-state index contributed by atoms with van der Waals surface area (Å²) in [5.74, 6) is 0.389. The largest absolute Gasteiger partial charge is 0.405 e. The smallest absolute Gasteiger partial charge is 0.345 e. The monoisotopic (exact) mass is 287 g/mol. The Hall–Kier alpha value is -1.30. The molecule has 0 spiro atoms. The highest BCUT2D eigenvalue weighted by Crippen LogP contribution is 2.30. The second-order valence-electron chi connectivity index (χ2n) is 5.47. The number of halogens is 3. The summed E-state index contributed by atoms with van der Waals surface area (Å²) >= 11 is 0. The first-order valence-corrected chi connectivity index (χ1v) is 6.87. The van der Waals surface area contributed by atoms with E-state index in [4.69, 9.17) is 5.73 Å². The Morgan fingerprint density at radius 1 is 1.35 bits per heavy atom. The highest BCUT2D eigenvalue weighted by Gasteiger charge is 2.33. The normalized spacial score (nSPS) is 14.8. The maximum Gasteiger partial charge on any atom is 0.405 e. The molecule has 0 bridgehead atoms. The minimum atomic E-state index is -4.25. The molecule has 3 nitrogen and oxygen atoms in total. The molecule has 0 saturated carbocycles. The summed E-state index contributed by atoms with van der Waals surface area (Å²) in [6.45, 7) is 2.68. The molecule has 0 saturated heterocycles. The van der Waals surface area contributed by atoms with E-state index in [2.05, 4.69) is 4.98 Å². The Kier molecular flexibility index (Phi) is 4.22. The van der Waals surface area contributed by atoms with Crippen molar-refractivity contribution in [3.8, 4) is 0 Å². The Morgan fingerprint density at radius 2 is 2.05 bits per heavy atom. The van der Waals surface area contributed by atoms with Crippen LogP contribution in [0.25, 0.3) is 0 Å². The number of nitrogens with zero attached hydrogens (tertiary/aromatic N) is 2.